The summed E-state index contributed by atoms with van der Waals surface area (Å²) < 4.78 is 4.94. The molecule has 4 nitrogen and oxygen atoms in total. The minimum Gasteiger partial charge on any atom is -0.356 e. The van der Waals surface area contributed by atoms with Crippen molar-refractivity contribution in [1.29, 1.82) is 0 Å². The fourth-order valence-corrected chi connectivity index (χ4v) is 1.03. The van der Waals surface area contributed by atoms with Crippen molar-refractivity contribution in [3.8, 4) is 0 Å². The van der Waals surface area contributed by atoms with Crippen molar-refractivity contribution in [3.63, 3.8) is 0 Å². The Bertz CT molecular complexity index is 434. The fraction of sp³-hybridized carbons (Fsp3) is 0.125. The molecule has 0 saturated heterocycles. The molecule has 0 spiro atoms. The topological polar surface area (TPSA) is 56.0 Å². The van der Waals surface area contributed by atoms with E-state index in [1.54, 1.807) is 12.3 Å². The number of pyridine rings is 1. The van der Waals surface area contributed by atoms with E-state index in [2.05, 4.69) is 10.1 Å². The first-order valence-corrected chi connectivity index (χ1v) is 3.48. The molecule has 0 aliphatic rings. The van der Waals surface area contributed by atoms with Crippen LogP contribution in [-0.2, 0) is 0 Å². The van der Waals surface area contributed by atoms with Gasteiger partial charge in [0.25, 0.3) is 0 Å². The molecule has 2 aromatic rings. The first-order chi connectivity index (χ1) is 5.81. The van der Waals surface area contributed by atoms with E-state index < -0.39 is 0 Å². The average molecular weight is 162 g/mol. The average Bonchev–Trinajstić information content (AvgIpc) is 2.47. The van der Waals surface area contributed by atoms with Gasteiger partial charge in [-0.2, -0.15) is 0 Å². The highest BCUT2D eigenvalue weighted by atomic mass is 16.5. The van der Waals surface area contributed by atoms with Gasteiger partial charge < -0.3 is 4.52 Å². The van der Waals surface area contributed by atoms with E-state index in [1.807, 2.05) is 6.92 Å². The van der Waals surface area contributed by atoms with Gasteiger partial charge in [0.2, 0.25) is 0 Å². The maximum atomic E-state index is 10.3. The summed E-state index contributed by atoms with van der Waals surface area (Å²) in [5, 5.41) is 4.59. The first-order valence-electron chi connectivity index (χ1n) is 3.48. The molecule has 0 saturated carbocycles. The van der Waals surface area contributed by atoms with E-state index in [1.165, 1.54) is 0 Å². The first kappa shape index (κ1) is 6.97. The van der Waals surface area contributed by atoms with Crippen LogP contribution in [0.3, 0.4) is 0 Å². The number of carbonyl (C=O) groups is 1. The molecule has 2 heterocycles. The summed E-state index contributed by atoms with van der Waals surface area (Å²) in [6.07, 6.45) is 2.27. The van der Waals surface area contributed by atoms with Crippen molar-refractivity contribution in [3.05, 3.63) is 23.7 Å². The molecule has 0 unspecified atom stereocenters. The minimum absolute atomic E-state index is 0.360. The lowest BCUT2D eigenvalue weighted by molar-refractivity contribution is 0.111. The van der Waals surface area contributed by atoms with Gasteiger partial charge in [-0.25, -0.2) is 0 Å². The normalized spacial score (nSPS) is 10.4. The van der Waals surface area contributed by atoms with Crippen LogP contribution in [0, 0.1) is 6.92 Å². The van der Waals surface area contributed by atoms with Gasteiger partial charge in [0.1, 0.15) is 5.69 Å². The lowest BCUT2D eigenvalue weighted by Crippen LogP contribution is -1.84. The number of nitrogens with zero attached hydrogens (tertiary/aromatic N) is 2. The monoisotopic (exact) mass is 162 g/mol. The van der Waals surface area contributed by atoms with Crippen molar-refractivity contribution in [2.45, 2.75) is 6.92 Å². The zero-order valence-electron chi connectivity index (χ0n) is 6.44. The van der Waals surface area contributed by atoms with Gasteiger partial charge in [-0.15, -0.1) is 0 Å². The van der Waals surface area contributed by atoms with Gasteiger partial charge in [-0.3, -0.25) is 9.78 Å². The summed E-state index contributed by atoms with van der Waals surface area (Å²) in [6.45, 7) is 1.83. The van der Waals surface area contributed by atoms with Crippen LogP contribution in [0.1, 0.15) is 16.2 Å². The van der Waals surface area contributed by atoms with Crippen LogP contribution in [-0.4, -0.2) is 16.4 Å². The van der Waals surface area contributed by atoms with Gasteiger partial charge in [0, 0.05) is 12.3 Å². The zero-order chi connectivity index (χ0) is 8.55. The van der Waals surface area contributed by atoms with Crippen LogP contribution in [0.5, 0.6) is 0 Å². The summed E-state index contributed by atoms with van der Waals surface area (Å²) in [7, 11) is 0. The van der Waals surface area contributed by atoms with Crippen molar-refractivity contribution in [2.24, 2.45) is 0 Å². The van der Waals surface area contributed by atoms with E-state index in [0.717, 1.165) is 11.1 Å². The van der Waals surface area contributed by atoms with E-state index in [4.69, 9.17) is 4.52 Å². The predicted octanol–water partition coefficient (Wildman–Crippen LogP) is 1.34. The SMILES string of the molecule is Cc1noc2cc(C=O)ncc12. The highest BCUT2D eigenvalue weighted by molar-refractivity contribution is 5.83. The lowest BCUT2D eigenvalue weighted by atomic mass is 10.2. The van der Waals surface area contributed by atoms with Crippen molar-refractivity contribution in [2.75, 3.05) is 0 Å². The molecule has 0 fully saturated rings. The van der Waals surface area contributed by atoms with Crippen LogP contribution >= 0.6 is 0 Å². The summed E-state index contributed by atoms with van der Waals surface area (Å²) >= 11 is 0. The minimum atomic E-state index is 0.360. The Hall–Kier alpha value is -1.71. The molecule has 0 amide bonds. The highest BCUT2D eigenvalue weighted by Crippen LogP contribution is 2.16. The van der Waals surface area contributed by atoms with Crippen LogP contribution in [0.2, 0.25) is 0 Å². The summed E-state index contributed by atoms with van der Waals surface area (Å²) in [6, 6.07) is 1.57. The Balaban J connectivity index is 2.77. The van der Waals surface area contributed by atoms with E-state index >= 15 is 0 Å². The quantitative estimate of drug-likeness (QED) is 0.594. The molecular weight excluding hydrogens is 156 g/mol. The molecule has 0 bridgehead atoms. The Morgan fingerprint density at radius 2 is 2.42 bits per heavy atom. The van der Waals surface area contributed by atoms with E-state index in [9.17, 15) is 4.79 Å². The number of hydrogen-bond acceptors (Lipinski definition) is 4. The Morgan fingerprint density at radius 1 is 1.58 bits per heavy atom. The largest absolute Gasteiger partial charge is 0.356 e. The number of aromatic nitrogens is 2. The second-order valence-electron chi connectivity index (χ2n) is 2.49. The summed E-state index contributed by atoms with van der Waals surface area (Å²) in [5.74, 6) is 0. The third kappa shape index (κ3) is 0.887. The number of carbonyl (C=O) groups excluding carboxylic acids is 1. The number of aryl methyl sites for hydroxylation is 1. The standard InChI is InChI=1S/C8H6N2O2/c1-5-7-3-9-6(4-11)2-8(7)12-10-5/h2-4H,1H3. The van der Waals surface area contributed by atoms with Gasteiger partial charge in [-0.05, 0) is 6.92 Å². The third-order valence-corrected chi connectivity index (χ3v) is 1.68. The number of fused-ring (bicyclic) bond motifs is 1. The second-order valence-corrected chi connectivity index (χ2v) is 2.49. The van der Waals surface area contributed by atoms with Crippen LogP contribution in [0.15, 0.2) is 16.8 Å². The maximum Gasteiger partial charge on any atom is 0.170 e. The molecule has 0 N–H and O–H groups in total. The summed E-state index contributed by atoms with van der Waals surface area (Å²) in [4.78, 5) is 14.2. The van der Waals surface area contributed by atoms with Gasteiger partial charge in [0.15, 0.2) is 11.9 Å². The Labute approximate surface area is 68.2 Å². The fourth-order valence-electron chi connectivity index (χ4n) is 1.03. The molecule has 0 radical (unpaired) electrons. The molecule has 4 heteroatoms. The number of rotatable bonds is 1. The van der Waals surface area contributed by atoms with E-state index in [0.29, 0.717) is 17.6 Å². The maximum absolute atomic E-state index is 10.3. The van der Waals surface area contributed by atoms with Crippen molar-refractivity contribution >= 4 is 17.3 Å². The van der Waals surface area contributed by atoms with Crippen LogP contribution < -0.4 is 0 Å². The van der Waals surface area contributed by atoms with Crippen LogP contribution in [0.4, 0.5) is 0 Å². The molecule has 0 aliphatic carbocycles. The number of aldehydes is 1. The van der Waals surface area contributed by atoms with Crippen molar-refractivity contribution < 1.29 is 9.32 Å². The predicted molar refractivity (Wildman–Crippen MR) is 41.9 cm³/mol. The lowest BCUT2D eigenvalue weighted by Gasteiger charge is -1.87. The third-order valence-electron chi connectivity index (χ3n) is 1.68. The van der Waals surface area contributed by atoms with Crippen molar-refractivity contribution in [1.82, 2.24) is 10.1 Å². The Morgan fingerprint density at radius 3 is 3.17 bits per heavy atom. The molecule has 2 rings (SSSR count). The second kappa shape index (κ2) is 2.41. The highest BCUT2D eigenvalue weighted by Gasteiger charge is 2.04. The van der Waals surface area contributed by atoms with Gasteiger partial charge in [0.05, 0.1) is 11.1 Å². The molecule has 12 heavy (non-hydrogen) atoms. The molecule has 0 aliphatic heterocycles. The van der Waals surface area contributed by atoms with Gasteiger partial charge >= 0.3 is 0 Å². The molecule has 2 aromatic heterocycles. The Kier molecular flexibility index (Phi) is 1.40. The molecule has 0 atom stereocenters. The van der Waals surface area contributed by atoms with Gasteiger partial charge in [-0.1, -0.05) is 5.16 Å². The molecular formula is C8H6N2O2. The smallest absolute Gasteiger partial charge is 0.170 e. The molecule has 0 aromatic carbocycles. The molecule has 60 valence electrons. The summed E-state index contributed by atoms with van der Waals surface area (Å²) in [5.41, 5.74) is 1.75. The van der Waals surface area contributed by atoms with E-state index in [-0.39, 0.29) is 0 Å². The zero-order valence-corrected chi connectivity index (χ0v) is 6.44. The number of hydrogen-bond donors (Lipinski definition) is 0. The van der Waals surface area contributed by atoms with Crippen LogP contribution in [0.25, 0.3) is 11.0 Å².